The lowest BCUT2D eigenvalue weighted by Gasteiger charge is -2.31. The van der Waals surface area contributed by atoms with Gasteiger partial charge >= 0.3 is 0 Å². The molecule has 0 aromatic rings. The van der Waals surface area contributed by atoms with Crippen LogP contribution in [0.5, 0.6) is 0 Å². The predicted molar refractivity (Wildman–Crippen MR) is 64.5 cm³/mol. The summed E-state index contributed by atoms with van der Waals surface area (Å²) in [6, 6.07) is 0.181. The zero-order valence-electron chi connectivity index (χ0n) is 10.6. The average molecular weight is 239 g/mol. The van der Waals surface area contributed by atoms with E-state index >= 15 is 0 Å². The number of hydrogen-bond acceptors (Lipinski definition) is 4. The first kappa shape index (κ1) is 12.5. The van der Waals surface area contributed by atoms with Crippen LogP contribution in [-0.4, -0.2) is 60.4 Å². The largest absolute Gasteiger partial charge is 0.315 e. The molecule has 5 heteroatoms. The van der Waals surface area contributed by atoms with Gasteiger partial charge in [0, 0.05) is 19.6 Å². The van der Waals surface area contributed by atoms with Gasteiger partial charge in [-0.25, -0.2) is 0 Å². The van der Waals surface area contributed by atoms with Gasteiger partial charge in [-0.1, -0.05) is 6.92 Å². The molecule has 2 unspecified atom stereocenters. The highest BCUT2D eigenvalue weighted by Crippen LogP contribution is 2.22. The molecule has 2 aliphatic heterocycles. The Kier molecular flexibility index (Phi) is 3.79. The summed E-state index contributed by atoms with van der Waals surface area (Å²) in [5, 5.41) is 3.32. The molecular weight excluding hydrogens is 218 g/mol. The molecule has 2 rings (SSSR count). The van der Waals surface area contributed by atoms with Crippen molar-refractivity contribution in [2.24, 2.45) is 0 Å². The molecule has 2 aliphatic rings. The van der Waals surface area contributed by atoms with Gasteiger partial charge in [-0.05, 0) is 25.9 Å². The Bertz CT molecular complexity index is 313. The fourth-order valence-electron chi connectivity index (χ4n) is 2.77. The first-order chi connectivity index (χ1) is 8.15. The second-order valence-electron chi connectivity index (χ2n) is 4.90. The van der Waals surface area contributed by atoms with Gasteiger partial charge in [-0.2, -0.15) is 0 Å². The molecule has 96 valence electrons. The van der Waals surface area contributed by atoms with Crippen LogP contribution >= 0.6 is 0 Å². The molecule has 5 nitrogen and oxygen atoms in total. The number of carbonyl (C=O) groups is 2. The number of rotatable bonds is 4. The first-order valence-electron chi connectivity index (χ1n) is 6.42. The number of hydrogen-bond donors (Lipinski definition) is 1. The molecule has 2 heterocycles. The van der Waals surface area contributed by atoms with E-state index in [4.69, 9.17) is 0 Å². The van der Waals surface area contributed by atoms with Crippen LogP contribution in [0.15, 0.2) is 0 Å². The summed E-state index contributed by atoms with van der Waals surface area (Å²) in [7, 11) is 1.59. The lowest BCUT2D eigenvalue weighted by Crippen LogP contribution is -2.48. The number of nitrogens with zero attached hydrogens (tertiary/aromatic N) is 2. The standard InChI is InChI=1S/C12H21N3O2/c1-3-6-15(9-4-5-13-8-9)10-7-11(16)14(2)12(10)17/h9-10,13H,3-8H2,1-2H3. The van der Waals surface area contributed by atoms with E-state index in [1.54, 1.807) is 7.05 Å². The molecule has 0 aromatic carbocycles. The predicted octanol–water partition coefficient (Wildman–Crippen LogP) is -0.182. The number of carbonyl (C=O) groups excluding carboxylic acids is 2. The molecule has 0 aliphatic carbocycles. The van der Waals surface area contributed by atoms with Gasteiger partial charge in [0.2, 0.25) is 11.8 Å². The minimum absolute atomic E-state index is 0.0321. The normalized spacial score (nSPS) is 29.7. The third-order valence-electron chi connectivity index (χ3n) is 3.74. The van der Waals surface area contributed by atoms with E-state index in [2.05, 4.69) is 17.1 Å². The Hall–Kier alpha value is -0.940. The Balaban J connectivity index is 2.10. The van der Waals surface area contributed by atoms with E-state index in [1.807, 2.05) is 0 Å². The Morgan fingerprint density at radius 3 is 2.71 bits per heavy atom. The highest BCUT2D eigenvalue weighted by molar-refractivity contribution is 6.05. The maximum atomic E-state index is 12.0. The molecular formula is C12H21N3O2. The van der Waals surface area contributed by atoms with Gasteiger partial charge in [0.25, 0.3) is 0 Å². The minimum Gasteiger partial charge on any atom is -0.315 e. The molecule has 0 saturated carbocycles. The monoisotopic (exact) mass is 239 g/mol. The third-order valence-corrected chi connectivity index (χ3v) is 3.74. The summed E-state index contributed by atoms with van der Waals surface area (Å²) in [6.07, 6.45) is 2.44. The zero-order chi connectivity index (χ0) is 12.4. The van der Waals surface area contributed by atoms with Crippen molar-refractivity contribution >= 4 is 11.8 Å². The second kappa shape index (κ2) is 5.14. The van der Waals surface area contributed by atoms with Crippen LogP contribution in [-0.2, 0) is 9.59 Å². The van der Waals surface area contributed by atoms with Crippen molar-refractivity contribution in [3.8, 4) is 0 Å². The van der Waals surface area contributed by atoms with Gasteiger partial charge in [-0.15, -0.1) is 0 Å². The summed E-state index contributed by atoms with van der Waals surface area (Å²) >= 11 is 0. The summed E-state index contributed by atoms with van der Waals surface area (Å²) < 4.78 is 0. The van der Waals surface area contributed by atoms with Crippen LogP contribution in [0.1, 0.15) is 26.2 Å². The van der Waals surface area contributed by atoms with Crippen molar-refractivity contribution in [2.45, 2.75) is 38.3 Å². The fraction of sp³-hybridized carbons (Fsp3) is 0.833. The van der Waals surface area contributed by atoms with Crippen LogP contribution < -0.4 is 5.32 Å². The summed E-state index contributed by atoms with van der Waals surface area (Å²) in [5.74, 6) is -0.0811. The molecule has 2 saturated heterocycles. The maximum absolute atomic E-state index is 12.0. The third kappa shape index (κ3) is 2.35. The quantitative estimate of drug-likeness (QED) is 0.691. The molecule has 1 N–H and O–H groups in total. The first-order valence-corrected chi connectivity index (χ1v) is 6.42. The lowest BCUT2D eigenvalue weighted by atomic mass is 10.1. The van der Waals surface area contributed by atoms with Crippen molar-refractivity contribution in [1.82, 2.24) is 15.1 Å². The topological polar surface area (TPSA) is 52.7 Å². The summed E-state index contributed by atoms with van der Waals surface area (Å²) in [6.45, 7) is 4.95. The fourth-order valence-corrected chi connectivity index (χ4v) is 2.77. The Morgan fingerprint density at radius 1 is 1.47 bits per heavy atom. The molecule has 0 spiro atoms. The van der Waals surface area contributed by atoms with Gasteiger partial charge in [0.1, 0.15) is 0 Å². The zero-order valence-corrected chi connectivity index (χ0v) is 10.6. The van der Waals surface area contributed by atoms with Crippen molar-refractivity contribution in [1.29, 1.82) is 0 Å². The number of nitrogens with one attached hydrogen (secondary N) is 1. The highest BCUT2D eigenvalue weighted by atomic mass is 16.2. The number of likely N-dealkylation sites (N-methyl/N-ethyl adjacent to an activating group) is 1. The number of likely N-dealkylation sites (tertiary alicyclic amines) is 1. The molecule has 2 atom stereocenters. The maximum Gasteiger partial charge on any atom is 0.246 e. The van der Waals surface area contributed by atoms with Gasteiger partial charge in [0.05, 0.1) is 12.5 Å². The van der Waals surface area contributed by atoms with Crippen LogP contribution in [0, 0.1) is 0 Å². The van der Waals surface area contributed by atoms with Crippen molar-refractivity contribution in [3.63, 3.8) is 0 Å². The highest BCUT2D eigenvalue weighted by Gasteiger charge is 2.42. The van der Waals surface area contributed by atoms with Crippen LogP contribution in [0.2, 0.25) is 0 Å². The van der Waals surface area contributed by atoms with Crippen molar-refractivity contribution in [3.05, 3.63) is 0 Å². The minimum atomic E-state index is -0.225. The van der Waals surface area contributed by atoms with Crippen LogP contribution in [0.4, 0.5) is 0 Å². The SMILES string of the molecule is CCCN(C1CCNC1)C1CC(=O)N(C)C1=O. The van der Waals surface area contributed by atoms with E-state index in [9.17, 15) is 9.59 Å². The van der Waals surface area contributed by atoms with E-state index < -0.39 is 0 Å². The van der Waals surface area contributed by atoms with Crippen LogP contribution in [0.25, 0.3) is 0 Å². The van der Waals surface area contributed by atoms with Crippen molar-refractivity contribution < 1.29 is 9.59 Å². The smallest absolute Gasteiger partial charge is 0.246 e. The van der Waals surface area contributed by atoms with E-state index in [1.165, 1.54) is 4.90 Å². The number of imide groups is 1. The van der Waals surface area contributed by atoms with E-state index in [0.29, 0.717) is 12.5 Å². The van der Waals surface area contributed by atoms with Gasteiger partial charge < -0.3 is 5.32 Å². The lowest BCUT2D eigenvalue weighted by molar-refractivity contribution is -0.138. The molecule has 2 amide bonds. The van der Waals surface area contributed by atoms with Crippen molar-refractivity contribution in [2.75, 3.05) is 26.7 Å². The molecule has 0 radical (unpaired) electrons. The molecule has 2 fully saturated rings. The Labute approximate surface area is 102 Å². The molecule has 0 bridgehead atoms. The molecule has 0 aromatic heterocycles. The van der Waals surface area contributed by atoms with Gasteiger partial charge in [0.15, 0.2) is 0 Å². The average Bonchev–Trinajstić information content (AvgIpc) is 2.91. The van der Waals surface area contributed by atoms with Gasteiger partial charge in [-0.3, -0.25) is 19.4 Å². The van der Waals surface area contributed by atoms with Crippen LogP contribution in [0.3, 0.4) is 0 Å². The Morgan fingerprint density at radius 2 is 2.24 bits per heavy atom. The molecule has 17 heavy (non-hydrogen) atoms. The van der Waals surface area contributed by atoms with E-state index in [-0.39, 0.29) is 17.9 Å². The summed E-state index contributed by atoms with van der Waals surface area (Å²) in [4.78, 5) is 27.1. The van der Waals surface area contributed by atoms with E-state index in [0.717, 1.165) is 32.5 Å². The second-order valence-corrected chi connectivity index (χ2v) is 4.90. The summed E-state index contributed by atoms with van der Waals surface area (Å²) in [5.41, 5.74) is 0. The number of amides is 2.